The quantitative estimate of drug-likeness (QED) is 0.273. The number of hydrogen-bond donors (Lipinski definition) is 1. The van der Waals surface area contributed by atoms with E-state index in [4.69, 9.17) is 42.1 Å². The van der Waals surface area contributed by atoms with Gasteiger partial charge in [0.25, 0.3) is 5.91 Å². The molecule has 0 atom stereocenters. The normalized spacial score (nSPS) is 10.8. The van der Waals surface area contributed by atoms with Crippen LogP contribution >= 0.6 is 23.2 Å². The van der Waals surface area contributed by atoms with Crippen LogP contribution in [0.25, 0.3) is 6.08 Å². The zero-order chi connectivity index (χ0) is 25.4. The number of nitrogens with one attached hydrogen (secondary N) is 1. The van der Waals surface area contributed by atoms with Crippen molar-refractivity contribution in [1.29, 1.82) is 5.26 Å². The molecule has 0 bridgehead atoms. The molecule has 0 fully saturated rings. The summed E-state index contributed by atoms with van der Waals surface area (Å²) >= 11 is 12.1. The Bertz CT molecular complexity index is 1280. The van der Waals surface area contributed by atoms with Crippen LogP contribution in [0.3, 0.4) is 0 Å². The van der Waals surface area contributed by atoms with Crippen LogP contribution in [0.4, 0.5) is 5.69 Å². The fourth-order valence-electron chi connectivity index (χ4n) is 3.08. The molecule has 9 heteroatoms. The Morgan fingerprint density at radius 1 is 0.943 bits per heavy atom. The van der Waals surface area contributed by atoms with E-state index < -0.39 is 5.91 Å². The summed E-state index contributed by atoms with van der Waals surface area (Å²) in [4.78, 5) is 12.9. The van der Waals surface area contributed by atoms with Crippen molar-refractivity contribution in [3.8, 4) is 29.1 Å². The molecule has 0 spiro atoms. The molecular formula is C26H22Cl2N2O5. The zero-order valence-corrected chi connectivity index (χ0v) is 20.7. The number of halogens is 2. The summed E-state index contributed by atoms with van der Waals surface area (Å²) in [6.07, 6.45) is 1.44. The van der Waals surface area contributed by atoms with E-state index in [9.17, 15) is 10.1 Å². The summed E-state index contributed by atoms with van der Waals surface area (Å²) in [6.45, 7) is 0.251. The van der Waals surface area contributed by atoms with Gasteiger partial charge in [-0.1, -0.05) is 35.3 Å². The summed E-state index contributed by atoms with van der Waals surface area (Å²) in [5.41, 5.74) is 1.57. The molecule has 1 N–H and O–H groups in total. The third kappa shape index (κ3) is 6.60. The third-order valence-corrected chi connectivity index (χ3v) is 5.46. The first-order valence-corrected chi connectivity index (χ1v) is 11.0. The lowest BCUT2D eigenvalue weighted by Crippen LogP contribution is -2.14. The molecule has 0 aliphatic heterocycles. The number of nitrogens with zero attached hydrogens (tertiary/aromatic N) is 1. The average molecular weight is 513 g/mol. The van der Waals surface area contributed by atoms with Gasteiger partial charge in [0.05, 0.1) is 32.0 Å². The van der Waals surface area contributed by atoms with Crippen LogP contribution in [-0.2, 0) is 11.4 Å². The first-order chi connectivity index (χ1) is 16.9. The second kappa shape index (κ2) is 12.0. The number of anilines is 1. The maximum atomic E-state index is 12.9. The van der Waals surface area contributed by atoms with E-state index in [1.165, 1.54) is 39.5 Å². The van der Waals surface area contributed by atoms with Crippen LogP contribution in [0, 0.1) is 11.3 Å². The lowest BCUT2D eigenvalue weighted by atomic mass is 10.1. The smallest absolute Gasteiger partial charge is 0.266 e. The van der Waals surface area contributed by atoms with Crippen LogP contribution in [0.5, 0.6) is 23.0 Å². The molecule has 0 saturated heterocycles. The Morgan fingerprint density at radius 3 is 2.29 bits per heavy atom. The van der Waals surface area contributed by atoms with Crippen LogP contribution in [0.15, 0.2) is 60.2 Å². The van der Waals surface area contributed by atoms with Crippen molar-refractivity contribution in [2.24, 2.45) is 0 Å². The first kappa shape index (κ1) is 25.8. The number of nitriles is 1. The molecule has 0 radical (unpaired) electrons. The molecule has 0 saturated carbocycles. The highest BCUT2D eigenvalue weighted by atomic mass is 35.5. The number of hydrogen-bond acceptors (Lipinski definition) is 6. The van der Waals surface area contributed by atoms with Gasteiger partial charge in [-0.3, -0.25) is 4.79 Å². The molecule has 3 aromatic rings. The Morgan fingerprint density at radius 2 is 1.66 bits per heavy atom. The van der Waals surface area contributed by atoms with E-state index >= 15 is 0 Å². The molecule has 0 heterocycles. The monoisotopic (exact) mass is 512 g/mol. The highest BCUT2D eigenvalue weighted by Gasteiger charge is 2.17. The number of carbonyl (C=O) groups is 1. The van der Waals surface area contributed by atoms with Gasteiger partial charge in [0.15, 0.2) is 0 Å². The van der Waals surface area contributed by atoms with Crippen molar-refractivity contribution in [2.45, 2.75) is 6.61 Å². The third-order valence-electron chi connectivity index (χ3n) is 4.92. The second-order valence-corrected chi connectivity index (χ2v) is 7.97. The summed E-state index contributed by atoms with van der Waals surface area (Å²) in [7, 11) is 4.43. The lowest BCUT2D eigenvalue weighted by molar-refractivity contribution is -0.112. The molecule has 35 heavy (non-hydrogen) atoms. The molecule has 3 rings (SSSR count). The molecule has 0 aromatic heterocycles. The van der Waals surface area contributed by atoms with Gasteiger partial charge in [0, 0.05) is 28.8 Å². The van der Waals surface area contributed by atoms with Gasteiger partial charge in [0.2, 0.25) is 0 Å². The first-order valence-electron chi connectivity index (χ1n) is 10.3. The number of benzene rings is 3. The van der Waals surface area contributed by atoms with Gasteiger partial charge >= 0.3 is 0 Å². The number of ether oxygens (including phenoxy) is 4. The van der Waals surface area contributed by atoms with E-state index in [0.29, 0.717) is 44.3 Å². The van der Waals surface area contributed by atoms with Gasteiger partial charge in [-0.2, -0.15) is 5.26 Å². The predicted octanol–water partition coefficient (Wildman–Crippen LogP) is 6.14. The minimum atomic E-state index is -0.644. The number of amides is 1. The standard InChI is InChI=1S/C26H22Cl2N2O5/c1-32-20-9-6-17(23(11-20)35-15-16-4-7-19(27)8-5-16)10-18(14-29)26(31)30-22-13-24(33-2)21(28)12-25(22)34-3/h4-13H,15H2,1-3H3,(H,30,31)/b18-10+. The average Bonchev–Trinajstić information content (AvgIpc) is 2.87. The fourth-order valence-corrected chi connectivity index (χ4v) is 3.44. The van der Waals surface area contributed by atoms with Crippen molar-refractivity contribution in [2.75, 3.05) is 26.6 Å². The Balaban J connectivity index is 1.89. The highest BCUT2D eigenvalue weighted by Crippen LogP contribution is 2.36. The van der Waals surface area contributed by atoms with Gasteiger partial charge < -0.3 is 24.3 Å². The summed E-state index contributed by atoms with van der Waals surface area (Å²) in [6, 6.07) is 17.3. The van der Waals surface area contributed by atoms with Gasteiger partial charge in [-0.25, -0.2) is 0 Å². The maximum absolute atomic E-state index is 12.9. The molecule has 180 valence electrons. The Labute approximate surface area is 213 Å². The minimum Gasteiger partial charge on any atom is -0.497 e. The molecule has 1 amide bonds. The van der Waals surface area contributed by atoms with E-state index in [1.54, 1.807) is 30.3 Å². The largest absolute Gasteiger partial charge is 0.497 e. The molecular weight excluding hydrogens is 491 g/mol. The van der Waals surface area contributed by atoms with Crippen molar-refractivity contribution < 1.29 is 23.7 Å². The number of rotatable bonds is 9. The van der Waals surface area contributed by atoms with E-state index in [0.717, 1.165) is 5.56 Å². The van der Waals surface area contributed by atoms with Crippen LogP contribution < -0.4 is 24.3 Å². The molecule has 0 aliphatic rings. The molecule has 7 nitrogen and oxygen atoms in total. The predicted molar refractivity (Wildman–Crippen MR) is 136 cm³/mol. The van der Waals surface area contributed by atoms with Crippen LogP contribution in [0.2, 0.25) is 10.0 Å². The topological polar surface area (TPSA) is 89.8 Å². The molecule has 0 unspecified atom stereocenters. The van der Waals surface area contributed by atoms with Crippen molar-refractivity contribution >= 4 is 40.9 Å². The molecule has 0 aliphatic carbocycles. The summed E-state index contributed by atoms with van der Waals surface area (Å²) in [5, 5.41) is 13.3. The number of methoxy groups -OCH3 is 3. The second-order valence-electron chi connectivity index (χ2n) is 7.13. The zero-order valence-electron chi connectivity index (χ0n) is 19.2. The van der Waals surface area contributed by atoms with Gasteiger partial charge in [-0.05, 0) is 35.9 Å². The van der Waals surface area contributed by atoms with Crippen molar-refractivity contribution in [3.63, 3.8) is 0 Å². The number of carbonyl (C=O) groups excluding carboxylic acids is 1. The van der Waals surface area contributed by atoms with E-state index in [2.05, 4.69) is 5.32 Å². The lowest BCUT2D eigenvalue weighted by Gasteiger charge is -2.14. The minimum absolute atomic E-state index is 0.150. The van der Waals surface area contributed by atoms with E-state index in [-0.39, 0.29) is 12.2 Å². The van der Waals surface area contributed by atoms with Crippen molar-refractivity contribution in [3.05, 3.63) is 81.3 Å². The summed E-state index contributed by atoms with van der Waals surface area (Å²) < 4.78 is 21.7. The molecule has 3 aromatic carbocycles. The summed E-state index contributed by atoms with van der Waals surface area (Å²) in [5.74, 6) is 1.02. The van der Waals surface area contributed by atoms with Gasteiger partial charge in [-0.15, -0.1) is 0 Å². The fraction of sp³-hybridized carbons (Fsp3) is 0.154. The van der Waals surface area contributed by atoms with E-state index in [1.807, 2.05) is 18.2 Å². The van der Waals surface area contributed by atoms with Gasteiger partial charge in [0.1, 0.15) is 41.2 Å². The maximum Gasteiger partial charge on any atom is 0.266 e. The van der Waals surface area contributed by atoms with Crippen LogP contribution in [0.1, 0.15) is 11.1 Å². The highest BCUT2D eigenvalue weighted by molar-refractivity contribution is 6.32. The SMILES string of the molecule is COc1ccc(/C=C(\C#N)C(=O)Nc2cc(OC)c(Cl)cc2OC)c(OCc2ccc(Cl)cc2)c1. The Kier molecular flexibility index (Phi) is 8.85. The Hall–Kier alpha value is -3.86. The van der Waals surface area contributed by atoms with Crippen LogP contribution in [-0.4, -0.2) is 27.2 Å². The van der Waals surface area contributed by atoms with Crippen molar-refractivity contribution in [1.82, 2.24) is 0 Å².